The van der Waals surface area contributed by atoms with Crippen LogP contribution in [0.3, 0.4) is 0 Å². The van der Waals surface area contributed by atoms with Crippen LogP contribution in [0.15, 0.2) is 47.8 Å². The Balaban J connectivity index is 1.82. The van der Waals surface area contributed by atoms with Crippen LogP contribution in [0.2, 0.25) is 0 Å². The molecule has 0 saturated carbocycles. The second-order valence-corrected chi connectivity index (χ2v) is 6.17. The lowest BCUT2D eigenvalue weighted by Gasteiger charge is -2.07. The molecule has 3 aromatic rings. The number of hydrogen-bond donors (Lipinski definition) is 3. The zero-order chi connectivity index (χ0) is 17.8. The first-order valence-electron chi connectivity index (χ1n) is 7.53. The van der Waals surface area contributed by atoms with E-state index in [2.05, 4.69) is 15.6 Å². The number of hydrogen-bond acceptors (Lipinski definition) is 6. The average Bonchev–Trinajstić information content (AvgIpc) is 3.05. The third-order valence-electron chi connectivity index (χ3n) is 3.43. The first-order chi connectivity index (χ1) is 12.0. The molecule has 0 saturated heterocycles. The van der Waals surface area contributed by atoms with E-state index in [1.54, 1.807) is 19.2 Å². The predicted molar refractivity (Wildman–Crippen MR) is 99.8 cm³/mol. The van der Waals surface area contributed by atoms with Gasteiger partial charge < -0.3 is 20.5 Å². The summed E-state index contributed by atoms with van der Waals surface area (Å²) in [6, 6.07) is 12.6. The number of carbonyl (C=O) groups excluding carboxylic acids is 1. The van der Waals surface area contributed by atoms with Gasteiger partial charge in [0.25, 0.3) is 0 Å². The van der Waals surface area contributed by atoms with Crippen LogP contribution in [0.5, 0.6) is 11.5 Å². The molecule has 3 rings (SSSR count). The van der Waals surface area contributed by atoms with E-state index in [0.29, 0.717) is 5.69 Å². The molecule has 0 bridgehead atoms. The van der Waals surface area contributed by atoms with Gasteiger partial charge in [-0.25, -0.2) is 4.98 Å². The number of thiazole rings is 1. The molecule has 128 valence electrons. The number of nitrogens with zero attached hydrogens (tertiary/aromatic N) is 1. The van der Waals surface area contributed by atoms with Gasteiger partial charge in [-0.3, -0.25) is 4.79 Å². The van der Waals surface area contributed by atoms with Gasteiger partial charge in [-0.15, -0.1) is 11.3 Å². The van der Waals surface area contributed by atoms with Crippen molar-refractivity contribution in [3.05, 3.63) is 47.8 Å². The van der Waals surface area contributed by atoms with Gasteiger partial charge in [-0.1, -0.05) is 6.07 Å². The molecule has 25 heavy (non-hydrogen) atoms. The van der Waals surface area contributed by atoms with E-state index >= 15 is 0 Å². The molecular weight excluding hydrogens is 338 g/mol. The summed E-state index contributed by atoms with van der Waals surface area (Å²) in [5, 5.41) is 18.3. The minimum Gasteiger partial charge on any atom is -0.506 e. The Bertz CT molecular complexity index is 908. The summed E-state index contributed by atoms with van der Waals surface area (Å²) in [7, 11) is 1.62. The minimum absolute atomic E-state index is 0.0175. The van der Waals surface area contributed by atoms with Gasteiger partial charge in [-0.05, 0) is 30.3 Å². The highest BCUT2D eigenvalue weighted by molar-refractivity contribution is 7.14. The lowest BCUT2D eigenvalue weighted by Crippen LogP contribution is -2.05. The molecule has 0 fully saturated rings. The number of aromatic nitrogens is 1. The van der Waals surface area contributed by atoms with Crippen LogP contribution in [0.1, 0.15) is 6.92 Å². The standard InChI is InChI=1S/C18H17N3O3S/c1-11(22)19-15-8-12(6-7-17(15)23)16-10-25-18(21-16)20-13-4-3-5-14(9-13)24-2/h3-10,23H,1-2H3,(H,19,22)(H,20,21). The molecule has 1 amide bonds. The molecule has 0 radical (unpaired) electrons. The molecule has 0 aliphatic carbocycles. The zero-order valence-corrected chi connectivity index (χ0v) is 14.6. The van der Waals surface area contributed by atoms with Crippen molar-refractivity contribution in [3.8, 4) is 22.8 Å². The number of aromatic hydroxyl groups is 1. The highest BCUT2D eigenvalue weighted by Crippen LogP contribution is 2.32. The molecule has 0 atom stereocenters. The Morgan fingerprint density at radius 1 is 1.24 bits per heavy atom. The van der Waals surface area contributed by atoms with Crippen molar-refractivity contribution >= 4 is 33.8 Å². The van der Waals surface area contributed by atoms with Crippen molar-refractivity contribution in [1.29, 1.82) is 0 Å². The van der Waals surface area contributed by atoms with E-state index in [4.69, 9.17) is 4.74 Å². The van der Waals surface area contributed by atoms with Crippen LogP contribution < -0.4 is 15.4 Å². The van der Waals surface area contributed by atoms with Crippen LogP contribution in [0.4, 0.5) is 16.5 Å². The highest BCUT2D eigenvalue weighted by Gasteiger charge is 2.09. The van der Waals surface area contributed by atoms with Crippen molar-refractivity contribution in [1.82, 2.24) is 4.98 Å². The Morgan fingerprint density at radius 2 is 2.08 bits per heavy atom. The fourth-order valence-corrected chi connectivity index (χ4v) is 3.01. The smallest absolute Gasteiger partial charge is 0.221 e. The third kappa shape index (κ3) is 4.07. The Kier molecular flexibility index (Phi) is 4.85. The Morgan fingerprint density at radius 3 is 2.84 bits per heavy atom. The van der Waals surface area contributed by atoms with Crippen molar-refractivity contribution in [2.45, 2.75) is 6.92 Å². The molecule has 0 aliphatic rings. The van der Waals surface area contributed by atoms with E-state index in [0.717, 1.165) is 27.8 Å². The first-order valence-corrected chi connectivity index (χ1v) is 8.40. The number of ether oxygens (including phenoxy) is 1. The van der Waals surface area contributed by atoms with Crippen molar-refractivity contribution in [3.63, 3.8) is 0 Å². The van der Waals surface area contributed by atoms with Crippen LogP contribution in [0.25, 0.3) is 11.3 Å². The van der Waals surface area contributed by atoms with Crippen LogP contribution in [0, 0.1) is 0 Å². The molecule has 2 aromatic carbocycles. The van der Waals surface area contributed by atoms with Crippen molar-refractivity contribution in [2.75, 3.05) is 17.7 Å². The lowest BCUT2D eigenvalue weighted by molar-refractivity contribution is -0.114. The maximum atomic E-state index is 11.2. The molecule has 7 heteroatoms. The summed E-state index contributed by atoms with van der Waals surface area (Å²) < 4.78 is 5.21. The molecule has 0 unspecified atom stereocenters. The minimum atomic E-state index is -0.244. The van der Waals surface area contributed by atoms with E-state index in [9.17, 15) is 9.90 Å². The Labute approximate surface area is 149 Å². The van der Waals surface area contributed by atoms with Gasteiger partial charge in [0.15, 0.2) is 5.13 Å². The summed E-state index contributed by atoms with van der Waals surface area (Å²) in [4.78, 5) is 15.8. The summed E-state index contributed by atoms with van der Waals surface area (Å²) >= 11 is 1.46. The van der Waals surface area contributed by atoms with Crippen molar-refractivity contribution in [2.24, 2.45) is 0 Å². The van der Waals surface area contributed by atoms with Gasteiger partial charge in [0.05, 0.1) is 18.5 Å². The number of rotatable bonds is 5. The number of anilines is 3. The molecule has 0 aliphatic heterocycles. The van der Waals surface area contributed by atoms with Gasteiger partial charge in [-0.2, -0.15) is 0 Å². The third-order valence-corrected chi connectivity index (χ3v) is 4.19. The quantitative estimate of drug-likeness (QED) is 0.597. The number of nitrogens with one attached hydrogen (secondary N) is 2. The van der Waals surface area contributed by atoms with E-state index in [-0.39, 0.29) is 11.7 Å². The predicted octanol–water partition coefficient (Wildman–Crippen LogP) is 4.23. The van der Waals surface area contributed by atoms with Crippen molar-refractivity contribution < 1.29 is 14.6 Å². The normalized spacial score (nSPS) is 10.3. The van der Waals surface area contributed by atoms with Gasteiger partial charge in [0, 0.05) is 29.6 Å². The summed E-state index contributed by atoms with van der Waals surface area (Å²) in [5.41, 5.74) is 2.80. The van der Waals surface area contributed by atoms with Crippen LogP contribution in [-0.2, 0) is 4.79 Å². The SMILES string of the molecule is COc1cccc(Nc2nc(-c3ccc(O)c(NC(C)=O)c3)cs2)c1. The van der Waals surface area contributed by atoms with E-state index in [1.165, 1.54) is 24.3 Å². The lowest BCUT2D eigenvalue weighted by atomic mass is 10.1. The monoisotopic (exact) mass is 355 g/mol. The molecule has 1 aromatic heterocycles. The largest absolute Gasteiger partial charge is 0.506 e. The fourth-order valence-electron chi connectivity index (χ4n) is 2.27. The van der Waals surface area contributed by atoms with E-state index in [1.807, 2.05) is 29.6 Å². The molecular formula is C18H17N3O3S. The van der Waals surface area contributed by atoms with Crippen LogP contribution in [-0.4, -0.2) is 23.1 Å². The zero-order valence-electron chi connectivity index (χ0n) is 13.7. The molecule has 1 heterocycles. The number of benzene rings is 2. The summed E-state index contributed by atoms with van der Waals surface area (Å²) in [6.45, 7) is 1.39. The number of phenolic OH excluding ortho intramolecular Hbond substituents is 1. The van der Waals surface area contributed by atoms with Crippen LogP contribution >= 0.6 is 11.3 Å². The first kappa shape index (κ1) is 16.8. The second kappa shape index (κ2) is 7.23. The number of methoxy groups -OCH3 is 1. The number of phenols is 1. The summed E-state index contributed by atoms with van der Waals surface area (Å²) in [6.07, 6.45) is 0. The second-order valence-electron chi connectivity index (χ2n) is 5.31. The topological polar surface area (TPSA) is 83.5 Å². The maximum Gasteiger partial charge on any atom is 0.221 e. The highest BCUT2D eigenvalue weighted by atomic mass is 32.1. The average molecular weight is 355 g/mol. The van der Waals surface area contributed by atoms with Gasteiger partial charge >= 0.3 is 0 Å². The van der Waals surface area contributed by atoms with E-state index < -0.39 is 0 Å². The maximum absolute atomic E-state index is 11.2. The summed E-state index contributed by atoms with van der Waals surface area (Å²) in [5.74, 6) is 0.537. The molecule has 0 spiro atoms. The number of carbonyl (C=O) groups is 1. The molecule has 3 N–H and O–H groups in total. The van der Waals surface area contributed by atoms with Gasteiger partial charge in [0.1, 0.15) is 11.5 Å². The fraction of sp³-hybridized carbons (Fsp3) is 0.111. The molecule has 6 nitrogen and oxygen atoms in total. The van der Waals surface area contributed by atoms with Gasteiger partial charge in [0.2, 0.25) is 5.91 Å². The Hall–Kier alpha value is -3.06. The number of amides is 1.